The van der Waals surface area contributed by atoms with Gasteiger partial charge in [-0.3, -0.25) is 14.7 Å². The van der Waals surface area contributed by atoms with Gasteiger partial charge in [0, 0.05) is 37.4 Å². The first-order chi connectivity index (χ1) is 16.4. The standard InChI is InChI=1S/C23H24F6N4O2/c24-22(25,26)12-19(34)33-9-3-6-18-16(13-33)20(31-30-18)21(35)32-10-7-14(8-11-32)15-4-1-2-5-17(15)23(27,28)29/h1-2,4-5,14H,3,6-13H2,(H,30,31). The average Bonchev–Trinajstić information content (AvgIpc) is 3.06. The molecule has 1 saturated heterocycles. The van der Waals surface area contributed by atoms with E-state index in [1.54, 1.807) is 6.07 Å². The van der Waals surface area contributed by atoms with Gasteiger partial charge in [-0.05, 0) is 43.2 Å². The topological polar surface area (TPSA) is 69.3 Å². The summed E-state index contributed by atoms with van der Waals surface area (Å²) in [5.41, 5.74) is 0.573. The van der Waals surface area contributed by atoms with Crippen LogP contribution in [0.4, 0.5) is 26.3 Å². The summed E-state index contributed by atoms with van der Waals surface area (Å²) in [5, 5.41) is 6.85. The van der Waals surface area contributed by atoms with Gasteiger partial charge < -0.3 is 9.80 Å². The van der Waals surface area contributed by atoms with E-state index in [9.17, 15) is 35.9 Å². The number of amides is 2. The summed E-state index contributed by atoms with van der Waals surface area (Å²) in [4.78, 5) is 27.9. The number of aromatic amines is 1. The highest BCUT2D eigenvalue weighted by Crippen LogP contribution is 2.39. The number of aryl methyl sites for hydroxylation is 1. The SMILES string of the molecule is O=C(CC(F)(F)F)N1CCCc2[nH]nc(C(=O)N3CCC(c4ccccc4C(F)(F)F)CC3)c2C1. The Balaban J connectivity index is 1.46. The van der Waals surface area contributed by atoms with Crippen molar-refractivity contribution >= 4 is 11.8 Å². The molecule has 0 aliphatic carbocycles. The molecule has 3 heterocycles. The number of nitrogens with one attached hydrogen (secondary N) is 1. The fraction of sp³-hybridized carbons (Fsp3) is 0.522. The van der Waals surface area contributed by atoms with E-state index in [1.165, 1.54) is 17.0 Å². The first kappa shape index (κ1) is 25.1. The minimum Gasteiger partial charge on any atom is -0.338 e. The third-order valence-corrected chi connectivity index (χ3v) is 6.55. The average molecular weight is 502 g/mol. The van der Waals surface area contributed by atoms with Crippen LogP contribution >= 0.6 is 0 Å². The number of H-pyrrole nitrogens is 1. The molecule has 12 heteroatoms. The first-order valence-corrected chi connectivity index (χ1v) is 11.3. The molecule has 1 aromatic carbocycles. The second kappa shape index (κ2) is 9.54. The molecule has 0 spiro atoms. The summed E-state index contributed by atoms with van der Waals surface area (Å²) in [6.45, 7) is 0.411. The van der Waals surface area contributed by atoms with Gasteiger partial charge in [0.25, 0.3) is 5.91 Å². The number of carbonyl (C=O) groups excluding carboxylic acids is 2. The predicted octanol–water partition coefficient (Wildman–Crippen LogP) is 4.68. The Morgan fingerprint density at radius 1 is 1.00 bits per heavy atom. The van der Waals surface area contributed by atoms with Gasteiger partial charge in [-0.15, -0.1) is 0 Å². The van der Waals surface area contributed by atoms with E-state index >= 15 is 0 Å². The minimum atomic E-state index is -4.63. The van der Waals surface area contributed by atoms with Crippen LogP contribution in [0.2, 0.25) is 0 Å². The monoisotopic (exact) mass is 502 g/mol. The Morgan fingerprint density at radius 3 is 2.34 bits per heavy atom. The molecule has 6 nitrogen and oxygen atoms in total. The second-order valence-electron chi connectivity index (χ2n) is 8.89. The molecular formula is C23H24F6N4O2. The molecule has 35 heavy (non-hydrogen) atoms. The lowest BCUT2D eigenvalue weighted by Gasteiger charge is -2.33. The van der Waals surface area contributed by atoms with Crippen LogP contribution in [0.3, 0.4) is 0 Å². The quantitative estimate of drug-likeness (QED) is 0.620. The highest BCUT2D eigenvalue weighted by atomic mass is 19.4. The van der Waals surface area contributed by atoms with Crippen LogP contribution < -0.4 is 0 Å². The fourth-order valence-electron chi connectivity index (χ4n) is 4.82. The Bertz CT molecular complexity index is 1090. The fourth-order valence-corrected chi connectivity index (χ4v) is 4.82. The number of piperidine rings is 1. The maximum atomic E-state index is 13.4. The molecule has 1 fully saturated rings. The van der Waals surface area contributed by atoms with Gasteiger partial charge in [0.2, 0.25) is 5.91 Å². The number of alkyl halides is 6. The van der Waals surface area contributed by atoms with Crippen molar-refractivity contribution in [1.29, 1.82) is 0 Å². The van der Waals surface area contributed by atoms with Gasteiger partial charge in [-0.25, -0.2) is 0 Å². The van der Waals surface area contributed by atoms with Crippen molar-refractivity contribution in [3.63, 3.8) is 0 Å². The van der Waals surface area contributed by atoms with Crippen LogP contribution in [0, 0.1) is 0 Å². The molecule has 2 amide bonds. The van der Waals surface area contributed by atoms with Gasteiger partial charge >= 0.3 is 12.4 Å². The number of aromatic nitrogens is 2. The zero-order valence-corrected chi connectivity index (χ0v) is 18.7. The van der Waals surface area contributed by atoms with Crippen LogP contribution in [0.25, 0.3) is 0 Å². The molecule has 2 aliphatic heterocycles. The summed E-state index contributed by atoms with van der Waals surface area (Å²) >= 11 is 0. The van der Waals surface area contributed by atoms with Crippen molar-refractivity contribution in [2.75, 3.05) is 19.6 Å². The van der Waals surface area contributed by atoms with E-state index in [-0.39, 0.29) is 43.4 Å². The number of hydrogen-bond donors (Lipinski definition) is 1. The maximum absolute atomic E-state index is 13.4. The van der Waals surface area contributed by atoms with Crippen molar-refractivity contribution < 1.29 is 35.9 Å². The summed E-state index contributed by atoms with van der Waals surface area (Å²) < 4.78 is 78.3. The highest BCUT2D eigenvalue weighted by molar-refractivity contribution is 5.94. The van der Waals surface area contributed by atoms with Gasteiger partial charge in [0.15, 0.2) is 5.69 Å². The first-order valence-electron chi connectivity index (χ1n) is 11.3. The summed E-state index contributed by atoms with van der Waals surface area (Å²) in [6, 6.07) is 5.42. The Kier molecular flexibility index (Phi) is 6.83. The molecular weight excluding hydrogens is 478 g/mol. The smallest absolute Gasteiger partial charge is 0.338 e. The molecule has 0 unspecified atom stereocenters. The molecule has 4 rings (SSSR count). The van der Waals surface area contributed by atoms with E-state index in [2.05, 4.69) is 10.2 Å². The van der Waals surface area contributed by atoms with E-state index in [0.29, 0.717) is 36.9 Å². The van der Waals surface area contributed by atoms with Crippen molar-refractivity contribution in [3.05, 3.63) is 52.3 Å². The van der Waals surface area contributed by atoms with Gasteiger partial charge in [0.1, 0.15) is 6.42 Å². The Hall–Kier alpha value is -3.05. The second-order valence-corrected chi connectivity index (χ2v) is 8.89. The van der Waals surface area contributed by atoms with E-state index in [0.717, 1.165) is 11.0 Å². The number of nitrogens with zero attached hydrogens (tertiary/aromatic N) is 3. The molecule has 1 aromatic heterocycles. The molecule has 190 valence electrons. The third kappa shape index (κ3) is 5.62. The van der Waals surface area contributed by atoms with Crippen molar-refractivity contribution in [3.8, 4) is 0 Å². The summed E-state index contributed by atoms with van der Waals surface area (Å²) in [5.74, 6) is -1.87. The highest BCUT2D eigenvalue weighted by Gasteiger charge is 2.38. The number of halogens is 6. The number of rotatable bonds is 3. The zero-order valence-electron chi connectivity index (χ0n) is 18.7. The van der Waals surface area contributed by atoms with E-state index in [1.807, 2.05) is 0 Å². The summed E-state index contributed by atoms with van der Waals surface area (Å²) in [6.07, 6.45) is -9.14. The number of carbonyl (C=O) groups is 2. The van der Waals surface area contributed by atoms with Crippen LogP contribution in [0.5, 0.6) is 0 Å². The van der Waals surface area contributed by atoms with Crippen LogP contribution in [-0.2, 0) is 23.9 Å². The lowest BCUT2D eigenvalue weighted by molar-refractivity contribution is -0.161. The van der Waals surface area contributed by atoms with Gasteiger partial charge in [0.05, 0.1) is 5.56 Å². The van der Waals surface area contributed by atoms with Gasteiger partial charge in [-0.1, -0.05) is 18.2 Å². The molecule has 2 aromatic rings. The number of hydrogen-bond acceptors (Lipinski definition) is 3. The molecule has 1 N–H and O–H groups in total. The molecule has 0 radical (unpaired) electrons. The molecule has 0 atom stereocenters. The normalized spacial score (nSPS) is 17.8. The molecule has 2 aliphatic rings. The number of fused-ring (bicyclic) bond motifs is 1. The third-order valence-electron chi connectivity index (χ3n) is 6.55. The number of likely N-dealkylation sites (tertiary alicyclic amines) is 1. The van der Waals surface area contributed by atoms with Crippen molar-refractivity contribution in [1.82, 2.24) is 20.0 Å². The summed E-state index contributed by atoms with van der Waals surface area (Å²) in [7, 11) is 0. The van der Waals surface area contributed by atoms with Crippen molar-refractivity contribution in [2.45, 2.75) is 56.9 Å². The number of benzene rings is 1. The van der Waals surface area contributed by atoms with Crippen molar-refractivity contribution in [2.24, 2.45) is 0 Å². The van der Waals surface area contributed by atoms with E-state index < -0.39 is 36.2 Å². The van der Waals surface area contributed by atoms with Crippen LogP contribution in [0.1, 0.15) is 64.5 Å². The van der Waals surface area contributed by atoms with Crippen LogP contribution in [-0.4, -0.2) is 57.6 Å². The molecule has 0 saturated carbocycles. The predicted molar refractivity (Wildman–Crippen MR) is 112 cm³/mol. The maximum Gasteiger partial charge on any atom is 0.416 e. The van der Waals surface area contributed by atoms with E-state index in [4.69, 9.17) is 0 Å². The lowest BCUT2D eigenvalue weighted by Crippen LogP contribution is -2.39. The zero-order chi connectivity index (χ0) is 25.4. The Morgan fingerprint density at radius 2 is 1.69 bits per heavy atom. The largest absolute Gasteiger partial charge is 0.416 e. The molecule has 0 bridgehead atoms. The van der Waals surface area contributed by atoms with Gasteiger partial charge in [-0.2, -0.15) is 31.4 Å². The van der Waals surface area contributed by atoms with Crippen LogP contribution in [0.15, 0.2) is 24.3 Å². The minimum absolute atomic E-state index is 0.0425. The lowest BCUT2D eigenvalue weighted by atomic mass is 9.86. The Labute approximate surface area is 197 Å².